The van der Waals surface area contributed by atoms with Crippen LogP contribution in [0.4, 0.5) is 11.4 Å². The number of halogens is 1. The zero-order valence-electron chi connectivity index (χ0n) is 14.1. The van der Waals surface area contributed by atoms with E-state index in [4.69, 9.17) is 17.3 Å². The molecule has 0 radical (unpaired) electrons. The average Bonchev–Trinajstić information content (AvgIpc) is 2.97. The molecule has 3 amide bonds. The number of hydrogen-bond acceptors (Lipinski definition) is 4. The van der Waals surface area contributed by atoms with E-state index in [-0.39, 0.29) is 18.2 Å². The number of piperazine rings is 1. The number of hydrogen-bond donors (Lipinski definition) is 1. The minimum Gasteiger partial charge on any atom is -0.369 e. The third-order valence-corrected chi connectivity index (χ3v) is 5.14. The Kier molecular flexibility index (Phi) is 4.85. The van der Waals surface area contributed by atoms with Gasteiger partial charge in [0.05, 0.1) is 16.6 Å². The van der Waals surface area contributed by atoms with Crippen LogP contribution in [0, 0.1) is 5.92 Å². The Hall–Kier alpha value is -2.28. The lowest BCUT2D eigenvalue weighted by Crippen LogP contribution is -2.48. The van der Waals surface area contributed by atoms with Gasteiger partial charge in [-0.25, -0.2) is 0 Å². The summed E-state index contributed by atoms with van der Waals surface area (Å²) >= 11 is 6.43. The maximum Gasteiger partial charge on any atom is 0.227 e. The van der Waals surface area contributed by atoms with Gasteiger partial charge in [-0.05, 0) is 18.2 Å². The number of carbonyl (C=O) groups excluding carboxylic acids is 3. The van der Waals surface area contributed by atoms with Crippen molar-refractivity contribution in [1.29, 1.82) is 0 Å². The Bertz CT molecular complexity index is 716. The van der Waals surface area contributed by atoms with Crippen molar-refractivity contribution < 1.29 is 14.4 Å². The van der Waals surface area contributed by atoms with Crippen molar-refractivity contribution in [3.63, 3.8) is 0 Å². The van der Waals surface area contributed by atoms with Crippen LogP contribution in [-0.2, 0) is 14.4 Å². The van der Waals surface area contributed by atoms with Crippen molar-refractivity contribution in [2.75, 3.05) is 42.5 Å². The predicted octanol–water partition coefficient (Wildman–Crippen LogP) is 0.847. The van der Waals surface area contributed by atoms with Gasteiger partial charge in [-0.2, -0.15) is 0 Å². The van der Waals surface area contributed by atoms with Crippen LogP contribution < -0.4 is 15.5 Å². The molecule has 2 fully saturated rings. The van der Waals surface area contributed by atoms with Gasteiger partial charge in [-0.1, -0.05) is 11.6 Å². The van der Waals surface area contributed by atoms with Gasteiger partial charge >= 0.3 is 0 Å². The standard InChI is InChI=1S/C17H21ClN4O3/c1-11(23)20-4-6-21(7-5-20)15-3-2-13(9-14(15)18)22-10-12(17(19)25)8-16(22)24/h2-3,9,12H,4-8,10H2,1H3,(H2,19,25)/t12-/m0/s1. The molecule has 0 spiro atoms. The summed E-state index contributed by atoms with van der Waals surface area (Å²) in [5, 5.41) is 0.545. The second-order valence-corrected chi connectivity index (χ2v) is 6.84. The van der Waals surface area contributed by atoms with E-state index in [9.17, 15) is 14.4 Å². The van der Waals surface area contributed by atoms with E-state index in [1.54, 1.807) is 17.9 Å². The smallest absolute Gasteiger partial charge is 0.227 e. The molecule has 2 N–H and O–H groups in total. The van der Waals surface area contributed by atoms with Gasteiger partial charge < -0.3 is 20.4 Å². The summed E-state index contributed by atoms with van der Waals surface area (Å²) in [6, 6.07) is 5.46. The van der Waals surface area contributed by atoms with Gasteiger partial charge in [0.1, 0.15) is 0 Å². The number of nitrogens with zero attached hydrogens (tertiary/aromatic N) is 3. The summed E-state index contributed by atoms with van der Waals surface area (Å²) in [4.78, 5) is 40.3. The Balaban J connectivity index is 1.73. The van der Waals surface area contributed by atoms with Crippen LogP contribution in [0.2, 0.25) is 5.02 Å². The summed E-state index contributed by atoms with van der Waals surface area (Å²) in [6.07, 6.45) is 0.141. The van der Waals surface area contributed by atoms with Gasteiger partial charge in [-0.15, -0.1) is 0 Å². The Labute approximate surface area is 151 Å². The topological polar surface area (TPSA) is 86.9 Å². The fraction of sp³-hybridized carbons (Fsp3) is 0.471. The lowest BCUT2D eigenvalue weighted by atomic mass is 10.1. The quantitative estimate of drug-likeness (QED) is 0.861. The molecule has 2 aliphatic rings. The zero-order valence-corrected chi connectivity index (χ0v) is 14.8. The molecule has 7 nitrogen and oxygen atoms in total. The predicted molar refractivity (Wildman–Crippen MR) is 95.6 cm³/mol. The van der Waals surface area contributed by atoms with Crippen LogP contribution in [0.25, 0.3) is 0 Å². The van der Waals surface area contributed by atoms with Gasteiger partial charge in [0.2, 0.25) is 17.7 Å². The van der Waals surface area contributed by atoms with E-state index in [0.717, 1.165) is 5.69 Å². The van der Waals surface area contributed by atoms with Gasteiger partial charge in [-0.3, -0.25) is 14.4 Å². The van der Waals surface area contributed by atoms with E-state index < -0.39 is 11.8 Å². The number of nitrogens with two attached hydrogens (primary N) is 1. The zero-order chi connectivity index (χ0) is 18.1. The van der Waals surface area contributed by atoms with E-state index in [1.165, 1.54) is 0 Å². The van der Waals surface area contributed by atoms with Crippen LogP contribution in [0.15, 0.2) is 18.2 Å². The lowest BCUT2D eigenvalue weighted by Gasteiger charge is -2.36. The van der Waals surface area contributed by atoms with E-state index >= 15 is 0 Å². The Morgan fingerprint density at radius 2 is 1.88 bits per heavy atom. The second kappa shape index (κ2) is 6.92. The van der Waals surface area contributed by atoms with E-state index in [1.807, 2.05) is 17.0 Å². The molecule has 0 saturated carbocycles. The maximum atomic E-state index is 12.1. The highest BCUT2D eigenvalue weighted by atomic mass is 35.5. The number of primary amides is 1. The lowest BCUT2D eigenvalue weighted by molar-refractivity contribution is -0.129. The third-order valence-electron chi connectivity index (χ3n) is 4.84. The second-order valence-electron chi connectivity index (χ2n) is 6.44. The number of benzene rings is 1. The van der Waals surface area contributed by atoms with Crippen molar-refractivity contribution in [2.45, 2.75) is 13.3 Å². The average molecular weight is 365 g/mol. The number of rotatable bonds is 3. The van der Waals surface area contributed by atoms with Crippen molar-refractivity contribution in [3.8, 4) is 0 Å². The Morgan fingerprint density at radius 3 is 2.40 bits per heavy atom. The summed E-state index contributed by atoms with van der Waals surface area (Å²) in [5.41, 5.74) is 6.86. The van der Waals surface area contributed by atoms with Crippen LogP contribution >= 0.6 is 11.6 Å². The van der Waals surface area contributed by atoms with E-state index in [2.05, 4.69) is 4.90 Å². The van der Waals surface area contributed by atoms with Crippen LogP contribution in [0.5, 0.6) is 0 Å². The first-order valence-electron chi connectivity index (χ1n) is 8.26. The highest BCUT2D eigenvalue weighted by Crippen LogP contribution is 2.33. The van der Waals surface area contributed by atoms with Gasteiger partial charge in [0.25, 0.3) is 0 Å². The molecule has 1 atom stereocenters. The first-order valence-corrected chi connectivity index (χ1v) is 8.64. The number of anilines is 2. The first-order chi connectivity index (χ1) is 11.9. The summed E-state index contributed by atoms with van der Waals surface area (Å²) in [6.45, 7) is 4.62. The number of carbonyl (C=O) groups is 3. The molecule has 1 aromatic carbocycles. The molecule has 134 valence electrons. The van der Waals surface area contributed by atoms with Gasteiger partial charge in [0.15, 0.2) is 0 Å². The largest absolute Gasteiger partial charge is 0.369 e. The highest BCUT2D eigenvalue weighted by molar-refractivity contribution is 6.33. The van der Waals surface area contributed by atoms with Crippen molar-refractivity contribution in [3.05, 3.63) is 23.2 Å². The van der Waals surface area contributed by atoms with Crippen molar-refractivity contribution in [1.82, 2.24) is 4.90 Å². The first kappa shape index (κ1) is 17.5. The normalized spacial score (nSPS) is 21.0. The van der Waals surface area contributed by atoms with Crippen molar-refractivity contribution >= 4 is 40.7 Å². The fourth-order valence-corrected chi connectivity index (χ4v) is 3.62. The maximum absolute atomic E-state index is 12.1. The van der Waals surface area contributed by atoms with Crippen LogP contribution in [0.1, 0.15) is 13.3 Å². The SMILES string of the molecule is CC(=O)N1CCN(c2ccc(N3C[C@@H](C(N)=O)CC3=O)cc2Cl)CC1. The fourth-order valence-electron chi connectivity index (χ4n) is 3.33. The van der Waals surface area contributed by atoms with E-state index in [0.29, 0.717) is 43.4 Å². The summed E-state index contributed by atoms with van der Waals surface area (Å²) < 4.78 is 0. The van der Waals surface area contributed by atoms with Gasteiger partial charge in [0, 0.05) is 51.8 Å². The molecular formula is C17H21ClN4O3. The molecule has 25 heavy (non-hydrogen) atoms. The van der Waals surface area contributed by atoms with Crippen LogP contribution in [-0.4, -0.2) is 55.3 Å². The molecule has 0 bridgehead atoms. The summed E-state index contributed by atoms with van der Waals surface area (Å²) in [5.74, 6) is -0.951. The molecule has 2 saturated heterocycles. The van der Waals surface area contributed by atoms with Crippen molar-refractivity contribution in [2.24, 2.45) is 11.7 Å². The highest BCUT2D eigenvalue weighted by Gasteiger charge is 2.34. The van der Waals surface area contributed by atoms with Crippen LogP contribution in [0.3, 0.4) is 0 Å². The molecule has 0 aliphatic carbocycles. The number of amides is 3. The molecule has 2 aliphatic heterocycles. The minimum atomic E-state index is -0.457. The third kappa shape index (κ3) is 3.56. The molecule has 8 heteroatoms. The molecule has 0 aromatic heterocycles. The molecular weight excluding hydrogens is 344 g/mol. The Morgan fingerprint density at radius 1 is 1.20 bits per heavy atom. The summed E-state index contributed by atoms with van der Waals surface area (Å²) in [7, 11) is 0. The molecule has 3 rings (SSSR count). The molecule has 2 heterocycles. The molecule has 0 unspecified atom stereocenters. The monoisotopic (exact) mass is 364 g/mol. The molecule has 1 aromatic rings. The minimum absolute atomic E-state index is 0.0812.